The predicted molar refractivity (Wildman–Crippen MR) is 198 cm³/mol. The molecule has 0 aromatic heterocycles. The second kappa shape index (κ2) is 13.5. The number of rotatable bonds is 6. The highest BCUT2D eigenvalue weighted by atomic mass is 35.5. The molecule has 6 atom stereocenters. The molecule has 4 aliphatic rings. The van der Waals surface area contributed by atoms with Gasteiger partial charge in [0, 0.05) is 25.7 Å². The average molecular weight is 825 g/mol. The van der Waals surface area contributed by atoms with Crippen LogP contribution in [0, 0.1) is 46.8 Å². The molecule has 4 aromatic carbocycles. The van der Waals surface area contributed by atoms with E-state index >= 15 is 8.78 Å². The van der Waals surface area contributed by atoms with Crippen LogP contribution in [0.5, 0.6) is 5.75 Å². The van der Waals surface area contributed by atoms with Gasteiger partial charge in [-0.05, 0) is 85.0 Å². The summed E-state index contributed by atoms with van der Waals surface area (Å²) in [6.45, 7) is 0. The number of anilines is 3. The molecule has 57 heavy (non-hydrogen) atoms. The van der Waals surface area contributed by atoms with Crippen LogP contribution in [0.1, 0.15) is 24.3 Å². The second-order valence-electron chi connectivity index (χ2n) is 14.4. The highest BCUT2D eigenvalue weighted by Gasteiger charge is 2.77. The summed E-state index contributed by atoms with van der Waals surface area (Å²) in [5.74, 6) is -21.9. The molecule has 4 amide bonds. The molecule has 0 spiro atoms. The zero-order valence-corrected chi connectivity index (χ0v) is 31.2. The topological polar surface area (TPSA) is 123 Å². The zero-order valence-electron chi connectivity index (χ0n) is 29.7. The van der Waals surface area contributed by atoms with Gasteiger partial charge >= 0.3 is 0 Å². The largest absolute Gasteiger partial charge is 0.508 e. The molecular formula is C40H28Cl2F5N5O5. The number of benzene rings is 4. The molecule has 1 saturated carbocycles. The van der Waals surface area contributed by atoms with Crippen molar-refractivity contribution >= 4 is 75.3 Å². The Hall–Kier alpha value is -5.67. The number of imide groups is 2. The molecule has 4 aromatic rings. The molecule has 10 nitrogen and oxygen atoms in total. The van der Waals surface area contributed by atoms with Crippen LogP contribution in [0.4, 0.5) is 50.4 Å². The van der Waals surface area contributed by atoms with Crippen molar-refractivity contribution in [1.82, 2.24) is 0 Å². The predicted octanol–water partition coefficient (Wildman–Crippen LogP) is 8.34. The van der Waals surface area contributed by atoms with Gasteiger partial charge in [-0.1, -0.05) is 23.8 Å². The third kappa shape index (κ3) is 5.49. The molecule has 8 rings (SSSR count). The van der Waals surface area contributed by atoms with Crippen LogP contribution >= 0.6 is 23.2 Å². The van der Waals surface area contributed by atoms with Crippen molar-refractivity contribution < 1.29 is 46.2 Å². The smallest absolute Gasteiger partial charge is 0.258 e. The van der Waals surface area contributed by atoms with Gasteiger partial charge in [0.05, 0.1) is 28.9 Å². The van der Waals surface area contributed by atoms with Gasteiger partial charge in [0.15, 0.2) is 33.0 Å². The maximum atomic E-state index is 15.3. The van der Waals surface area contributed by atoms with Crippen LogP contribution in [-0.4, -0.2) is 52.6 Å². The van der Waals surface area contributed by atoms with Crippen LogP contribution in [0.2, 0.25) is 0 Å². The van der Waals surface area contributed by atoms with Gasteiger partial charge in [0.2, 0.25) is 17.6 Å². The summed E-state index contributed by atoms with van der Waals surface area (Å²) in [4.78, 5) is 54.4. The first-order valence-electron chi connectivity index (χ1n) is 17.4. The quantitative estimate of drug-likeness (QED) is 0.0397. The van der Waals surface area contributed by atoms with E-state index in [1.807, 2.05) is 31.1 Å². The van der Waals surface area contributed by atoms with E-state index in [1.165, 1.54) is 36.4 Å². The Kier molecular flexibility index (Phi) is 9.04. The Morgan fingerprint density at radius 3 is 1.89 bits per heavy atom. The van der Waals surface area contributed by atoms with Crippen molar-refractivity contribution in [2.75, 3.05) is 28.8 Å². The first kappa shape index (κ1) is 38.2. The van der Waals surface area contributed by atoms with Crippen molar-refractivity contribution in [3.05, 3.63) is 119 Å². The summed E-state index contributed by atoms with van der Waals surface area (Å²) in [6.07, 6.45) is 0.874. The summed E-state index contributed by atoms with van der Waals surface area (Å²) >= 11 is 14.3. The number of allylic oxidation sites excluding steroid dienone is 2. The third-order valence-electron chi connectivity index (χ3n) is 11.2. The summed E-state index contributed by atoms with van der Waals surface area (Å²) < 4.78 is 73.5. The summed E-state index contributed by atoms with van der Waals surface area (Å²) in [5, 5.41) is 18.9. The highest BCUT2D eigenvalue weighted by molar-refractivity contribution is 6.58. The van der Waals surface area contributed by atoms with Crippen LogP contribution in [0.3, 0.4) is 0 Å². The first-order valence-corrected chi connectivity index (χ1v) is 18.2. The van der Waals surface area contributed by atoms with Gasteiger partial charge in [-0.15, -0.1) is 23.2 Å². The van der Waals surface area contributed by atoms with E-state index < -0.39 is 98.2 Å². The SMILES string of the molecule is CN(C)c1ccc(N=Nc2ccc(N3C(=O)[C@H]4[C@H](CC=C5[C@H]4C[C@@]4(Cl)C(=O)N(c6c(F)c(F)c(F)c(F)c6F)C(=O)[C@@]4(Cl)[C@H]5c4cccc(O)c4)C3=O)cc2)cc1. The van der Waals surface area contributed by atoms with E-state index in [0.29, 0.717) is 11.4 Å². The number of phenolic OH excluding ortho intramolecular Hbond substituents is 1. The number of carbonyl (C=O) groups is 4. The van der Waals surface area contributed by atoms with Crippen molar-refractivity contribution in [1.29, 1.82) is 0 Å². The second-order valence-corrected chi connectivity index (χ2v) is 15.7. The van der Waals surface area contributed by atoms with Crippen molar-refractivity contribution in [2.24, 2.45) is 28.0 Å². The summed E-state index contributed by atoms with van der Waals surface area (Å²) in [5.41, 5.74) is 0.651. The molecule has 0 radical (unpaired) electrons. The van der Waals surface area contributed by atoms with Gasteiger partial charge in [-0.3, -0.25) is 24.1 Å². The Labute approximate surface area is 330 Å². The van der Waals surface area contributed by atoms with Crippen LogP contribution in [0.15, 0.2) is 94.7 Å². The van der Waals surface area contributed by atoms with E-state index in [9.17, 15) is 37.5 Å². The lowest BCUT2D eigenvalue weighted by atomic mass is 9.56. The fourth-order valence-corrected chi connectivity index (χ4v) is 9.44. The first-order chi connectivity index (χ1) is 27.0. The Bertz CT molecular complexity index is 2460. The average Bonchev–Trinajstić information content (AvgIpc) is 3.53. The number of amides is 4. The number of nitrogens with zero attached hydrogens (tertiary/aromatic N) is 5. The number of phenols is 1. The maximum Gasteiger partial charge on any atom is 0.258 e. The van der Waals surface area contributed by atoms with E-state index in [1.54, 1.807) is 30.3 Å². The van der Waals surface area contributed by atoms with Crippen LogP contribution in [0.25, 0.3) is 0 Å². The van der Waals surface area contributed by atoms with E-state index in [0.717, 1.165) is 10.6 Å². The van der Waals surface area contributed by atoms with E-state index in [2.05, 4.69) is 10.2 Å². The minimum atomic E-state index is -2.70. The van der Waals surface area contributed by atoms with Gasteiger partial charge in [-0.2, -0.15) is 10.2 Å². The normalized spacial score (nSPS) is 26.9. The Morgan fingerprint density at radius 2 is 1.32 bits per heavy atom. The molecule has 2 aliphatic heterocycles. The highest BCUT2D eigenvalue weighted by Crippen LogP contribution is 2.66. The number of fused-ring (bicyclic) bond motifs is 4. The van der Waals surface area contributed by atoms with Gasteiger partial charge < -0.3 is 10.0 Å². The molecule has 3 fully saturated rings. The van der Waals surface area contributed by atoms with E-state index in [-0.39, 0.29) is 33.9 Å². The van der Waals surface area contributed by atoms with Crippen LogP contribution in [-0.2, 0) is 19.2 Å². The van der Waals surface area contributed by atoms with Crippen molar-refractivity contribution in [3.8, 4) is 5.75 Å². The fourth-order valence-electron chi connectivity index (χ4n) is 8.50. The van der Waals surface area contributed by atoms with Crippen LogP contribution < -0.4 is 14.7 Å². The minimum Gasteiger partial charge on any atom is -0.508 e. The molecule has 0 bridgehead atoms. The molecule has 2 saturated heterocycles. The lowest BCUT2D eigenvalue weighted by molar-refractivity contribution is -0.125. The minimum absolute atomic E-state index is 0.0441. The van der Waals surface area contributed by atoms with Gasteiger partial charge in [-0.25, -0.2) is 26.9 Å². The molecule has 292 valence electrons. The lowest BCUT2D eigenvalue weighted by Crippen LogP contribution is -2.60. The fraction of sp³-hybridized carbons (Fsp3) is 0.250. The van der Waals surface area contributed by atoms with E-state index in [4.69, 9.17) is 23.2 Å². The van der Waals surface area contributed by atoms with Gasteiger partial charge in [0.1, 0.15) is 11.4 Å². The van der Waals surface area contributed by atoms with Gasteiger partial charge in [0.25, 0.3) is 11.8 Å². The molecule has 1 N–H and O–H groups in total. The maximum absolute atomic E-state index is 15.3. The number of azo groups is 1. The molecule has 0 unspecified atom stereocenters. The molecular weight excluding hydrogens is 796 g/mol. The summed E-state index contributed by atoms with van der Waals surface area (Å²) in [7, 11) is 3.81. The number of aromatic hydroxyl groups is 1. The standard InChI is InChI=1S/C40H28Cl2F5N5O5/c1-50(2)21-10-6-19(7-11-21)48-49-20-8-12-22(13-9-20)51-35(54)25-15-14-24-26(27(25)36(51)55)17-39(41)37(56)52(34-32(46)30(44)29(43)31(45)33(34)47)38(57)40(39,42)28(24)18-4-3-5-23(53)16-18/h3-14,16,25-28,53H,15,17H2,1-2H3/t25-,26+,27-,28-,39+,40-/m0/s1. The molecule has 17 heteroatoms. The molecule has 2 aliphatic carbocycles. The number of halogens is 7. The third-order valence-corrected chi connectivity index (χ3v) is 12.6. The summed E-state index contributed by atoms with van der Waals surface area (Å²) in [6, 6.07) is 18.8. The molecule has 2 heterocycles. The number of hydrogen-bond donors (Lipinski definition) is 1. The van der Waals surface area contributed by atoms with Crippen molar-refractivity contribution in [3.63, 3.8) is 0 Å². The number of hydrogen-bond acceptors (Lipinski definition) is 8. The number of carbonyl (C=O) groups excluding carboxylic acids is 4. The number of alkyl halides is 2. The lowest BCUT2D eigenvalue weighted by Gasteiger charge is -2.50. The Morgan fingerprint density at radius 1 is 0.737 bits per heavy atom. The zero-order chi connectivity index (χ0) is 40.9. The van der Waals surface area contributed by atoms with Crippen molar-refractivity contribution in [2.45, 2.75) is 28.5 Å². The monoisotopic (exact) mass is 823 g/mol. The Balaban J connectivity index is 1.17.